The molecular weight excluding hydrogens is 315 g/mol. The van der Waals surface area contributed by atoms with E-state index in [1.165, 1.54) is 25.3 Å². The van der Waals surface area contributed by atoms with Crippen molar-refractivity contribution in [3.05, 3.63) is 76.1 Å². The maximum Gasteiger partial charge on any atom is 0.251 e. The molecule has 2 radical (unpaired) electrons. The number of ether oxygens (including phenoxy) is 1. The summed E-state index contributed by atoms with van der Waals surface area (Å²) in [6.07, 6.45) is 1.49. The molecule has 2 heterocycles. The number of para-hydroxylation sites is 1. The van der Waals surface area contributed by atoms with E-state index in [1.54, 1.807) is 12.1 Å². The third-order valence-electron chi connectivity index (χ3n) is 3.50. The van der Waals surface area contributed by atoms with Crippen LogP contribution in [0.1, 0.15) is 11.5 Å². The van der Waals surface area contributed by atoms with Gasteiger partial charge < -0.3 is 9.15 Å². The highest BCUT2D eigenvalue weighted by Gasteiger charge is 2.17. The molecule has 24 heavy (non-hydrogen) atoms. The SMILES string of the molecule is [B]c1c(OCc2ccco2)cc(C)n(-c2c(F)cccc2F)c1=O. The minimum Gasteiger partial charge on any atom is -0.486 e. The van der Waals surface area contributed by atoms with E-state index in [0.717, 1.165) is 16.7 Å². The Morgan fingerprint density at radius 2 is 1.92 bits per heavy atom. The van der Waals surface area contributed by atoms with Crippen molar-refractivity contribution in [2.24, 2.45) is 0 Å². The van der Waals surface area contributed by atoms with Crippen molar-refractivity contribution in [3.8, 4) is 11.4 Å². The molecule has 0 aliphatic rings. The maximum atomic E-state index is 14.0. The van der Waals surface area contributed by atoms with Crippen LogP contribution in [0.25, 0.3) is 5.69 Å². The van der Waals surface area contributed by atoms with Gasteiger partial charge in [0, 0.05) is 11.2 Å². The molecule has 0 spiro atoms. The van der Waals surface area contributed by atoms with E-state index in [-0.39, 0.29) is 23.5 Å². The Morgan fingerprint density at radius 3 is 2.54 bits per heavy atom. The van der Waals surface area contributed by atoms with Crippen LogP contribution >= 0.6 is 0 Å². The Balaban J connectivity index is 2.05. The molecule has 0 N–H and O–H groups in total. The number of rotatable bonds is 4. The summed E-state index contributed by atoms with van der Waals surface area (Å²) in [6, 6.07) is 8.22. The average Bonchev–Trinajstić information content (AvgIpc) is 3.06. The number of furan rings is 1. The number of benzene rings is 1. The smallest absolute Gasteiger partial charge is 0.251 e. The standard InChI is InChI=1S/C17H12BF2NO3/c1-10-8-14(24-9-11-4-3-7-23-11)15(18)17(22)21(10)16-12(19)5-2-6-13(16)20/h2-8H,9H2,1H3. The van der Waals surface area contributed by atoms with Crippen molar-refractivity contribution in [2.45, 2.75) is 13.5 Å². The van der Waals surface area contributed by atoms with Crippen LogP contribution in [0.4, 0.5) is 8.78 Å². The first-order valence-corrected chi connectivity index (χ1v) is 7.10. The zero-order valence-corrected chi connectivity index (χ0v) is 12.8. The molecular formula is C17H12BF2NO3. The van der Waals surface area contributed by atoms with Crippen molar-refractivity contribution in [1.82, 2.24) is 4.57 Å². The second-order valence-corrected chi connectivity index (χ2v) is 5.14. The fourth-order valence-electron chi connectivity index (χ4n) is 2.36. The summed E-state index contributed by atoms with van der Waals surface area (Å²) >= 11 is 0. The number of hydrogen-bond donors (Lipinski definition) is 0. The van der Waals surface area contributed by atoms with Crippen LogP contribution < -0.4 is 15.8 Å². The Morgan fingerprint density at radius 1 is 1.21 bits per heavy atom. The van der Waals surface area contributed by atoms with Gasteiger partial charge in [-0.25, -0.2) is 8.78 Å². The highest BCUT2D eigenvalue weighted by Crippen LogP contribution is 2.19. The first-order chi connectivity index (χ1) is 11.5. The number of aryl methyl sites for hydroxylation is 1. The third kappa shape index (κ3) is 2.85. The van der Waals surface area contributed by atoms with Crippen LogP contribution in [0, 0.1) is 18.6 Å². The third-order valence-corrected chi connectivity index (χ3v) is 3.50. The number of hydrogen-bond acceptors (Lipinski definition) is 3. The second kappa shape index (κ2) is 6.35. The summed E-state index contributed by atoms with van der Waals surface area (Å²) in [7, 11) is 5.80. The van der Waals surface area contributed by atoms with Crippen molar-refractivity contribution >= 4 is 13.3 Å². The Kier molecular flexibility index (Phi) is 4.25. The molecule has 0 aliphatic heterocycles. The number of aromatic nitrogens is 1. The molecule has 0 saturated heterocycles. The Hall–Kier alpha value is -2.83. The average molecular weight is 327 g/mol. The molecule has 4 nitrogen and oxygen atoms in total. The first kappa shape index (κ1) is 16.0. The van der Waals surface area contributed by atoms with Gasteiger partial charge in [0.05, 0.1) is 6.26 Å². The van der Waals surface area contributed by atoms with Crippen molar-refractivity contribution in [2.75, 3.05) is 0 Å². The highest BCUT2D eigenvalue weighted by molar-refractivity contribution is 6.34. The summed E-state index contributed by atoms with van der Waals surface area (Å²) in [4.78, 5) is 12.5. The molecule has 0 aliphatic carbocycles. The number of halogens is 2. The van der Waals surface area contributed by atoms with Gasteiger partial charge in [-0.3, -0.25) is 9.36 Å². The largest absolute Gasteiger partial charge is 0.486 e. The minimum atomic E-state index is -0.858. The van der Waals surface area contributed by atoms with E-state index in [9.17, 15) is 13.6 Å². The molecule has 0 unspecified atom stereocenters. The fraction of sp³-hybridized carbons (Fsp3) is 0.118. The van der Waals surface area contributed by atoms with Crippen LogP contribution in [0.5, 0.6) is 5.75 Å². The molecule has 3 aromatic rings. The lowest BCUT2D eigenvalue weighted by molar-refractivity contribution is 0.271. The molecule has 3 rings (SSSR count). The summed E-state index contributed by atoms with van der Waals surface area (Å²) in [6.45, 7) is 1.61. The molecule has 2 aromatic heterocycles. The van der Waals surface area contributed by atoms with Crippen molar-refractivity contribution < 1.29 is 17.9 Å². The summed E-state index contributed by atoms with van der Waals surface area (Å²) in [5, 5.41) is 0. The van der Waals surface area contributed by atoms with Crippen LogP contribution in [-0.4, -0.2) is 12.4 Å². The van der Waals surface area contributed by atoms with Gasteiger partial charge in [-0.2, -0.15) is 0 Å². The maximum absolute atomic E-state index is 14.0. The van der Waals surface area contributed by atoms with Gasteiger partial charge >= 0.3 is 0 Å². The predicted molar refractivity (Wildman–Crippen MR) is 85.1 cm³/mol. The molecule has 0 saturated carbocycles. The summed E-state index contributed by atoms with van der Waals surface area (Å²) in [5.74, 6) is -1.04. The van der Waals surface area contributed by atoms with Crippen LogP contribution in [0.2, 0.25) is 0 Å². The number of pyridine rings is 1. The van der Waals surface area contributed by atoms with E-state index in [1.807, 2.05) is 0 Å². The predicted octanol–water partition coefficient (Wildman–Crippen LogP) is 2.39. The van der Waals surface area contributed by atoms with Crippen LogP contribution in [0.3, 0.4) is 0 Å². The fourth-order valence-corrected chi connectivity index (χ4v) is 2.36. The second-order valence-electron chi connectivity index (χ2n) is 5.14. The van der Waals surface area contributed by atoms with Gasteiger partial charge in [-0.05, 0) is 37.3 Å². The van der Waals surface area contributed by atoms with Gasteiger partial charge in [0.2, 0.25) is 0 Å². The first-order valence-electron chi connectivity index (χ1n) is 7.10. The quantitative estimate of drug-likeness (QED) is 0.691. The van der Waals surface area contributed by atoms with E-state index in [2.05, 4.69) is 0 Å². The van der Waals surface area contributed by atoms with E-state index >= 15 is 0 Å². The lowest BCUT2D eigenvalue weighted by Gasteiger charge is -2.16. The Labute approximate surface area is 137 Å². The van der Waals surface area contributed by atoms with E-state index in [0.29, 0.717) is 5.76 Å². The molecule has 7 heteroatoms. The van der Waals surface area contributed by atoms with Gasteiger partial charge in [0.1, 0.15) is 43.3 Å². The van der Waals surface area contributed by atoms with E-state index < -0.39 is 22.9 Å². The highest BCUT2D eigenvalue weighted by atomic mass is 19.1. The molecule has 0 bridgehead atoms. The van der Waals surface area contributed by atoms with Crippen molar-refractivity contribution in [1.29, 1.82) is 0 Å². The Bertz CT molecular complexity index is 915. The number of nitrogens with zero attached hydrogens (tertiary/aromatic N) is 1. The molecule has 0 amide bonds. The van der Waals surface area contributed by atoms with Crippen LogP contribution in [0.15, 0.2) is 51.9 Å². The lowest BCUT2D eigenvalue weighted by atomic mass is 9.96. The minimum absolute atomic E-state index is 0.0775. The zero-order valence-electron chi connectivity index (χ0n) is 12.8. The van der Waals surface area contributed by atoms with Gasteiger partial charge in [-0.1, -0.05) is 6.07 Å². The molecule has 120 valence electrons. The van der Waals surface area contributed by atoms with Crippen LogP contribution in [-0.2, 0) is 6.61 Å². The monoisotopic (exact) mass is 327 g/mol. The van der Waals surface area contributed by atoms with Gasteiger partial charge in [0.15, 0.2) is 0 Å². The lowest BCUT2D eigenvalue weighted by Crippen LogP contribution is -2.36. The van der Waals surface area contributed by atoms with Crippen molar-refractivity contribution in [3.63, 3.8) is 0 Å². The normalized spacial score (nSPS) is 10.8. The summed E-state index contributed by atoms with van der Waals surface area (Å²) in [5.41, 5.74) is -1.18. The summed E-state index contributed by atoms with van der Waals surface area (Å²) < 4.78 is 39.5. The molecule has 1 aromatic carbocycles. The molecule has 0 fully saturated rings. The molecule has 0 atom stereocenters. The van der Waals surface area contributed by atoms with E-state index in [4.69, 9.17) is 17.0 Å². The zero-order chi connectivity index (χ0) is 17.3. The van der Waals surface area contributed by atoms with Gasteiger partial charge in [0.25, 0.3) is 5.56 Å². The van der Waals surface area contributed by atoms with Gasteiger partial charge in [-0.15, -0.1) is 0 Å². The topological polar surface area (TPSA) is 44.4 Å².